The predicted octanol–water partition coefficient (Wildman–Crippen LogP) is 2.57. The number of hydrogen-bond donors (Lipinski definition) is 3. The lowest BCUT2D eigenvalue weighted by Gasteiger charge is -2.39. The van der Waals surface area contributed by atoms with Gasteiger partial charge in [0.05, 0.1) is 30.6 Å². The number of piperidine rings is 1. The third kappa shape index (κ3) is 5.53. The molecule has 0 spiro atoms. The van der Waals surface area contributed by atoms with Crippen LogP contribution < -0.4 is 14.5 Å². The molecule has 0 radical (unpaired) electrons. The van der Waals surface area contributed by atoms with E-state index in [-0.39, 0.29) is 18.6 Å². The van der Waals surface area contributed by atoms with Gasteiger partial charge in [0.1, 0.15) is 28.8 Å². The zero-order valence-electron chi connectivity index (χ0n) is 22.6. The van der Waals surface area contributed by atoms with Gasteiger partial charge in [0.2, 0.25) is 0 Å². The molecule has 6 rings (SSSR count). The minimum Gasteiger partial charge on any atom is -0.396 e. The van der Waals surface area contributed by atoms with Crippen LogP contribution >= 0.6 is 11.6 Å². The highest BCUT2D eigenvalue weighted by Crippen LogP contribution is 2.39. The highest BCUT2D eigenvalue weighted by Gasteiger charge is 2.34. The fourth-order valence-electron chi connectivity index (χ4n) is 5.92. The van der Waals surface area contributed by atoms with Gasteiger partial charge in [0.15, 0.2) is 5.65 Å². The Morgan fingerprint density at radius 3 is 2.70 bits per heavy atom. The Morgan fingerprint density at radius 2 is 1.95 bits per heavy atom. The Kier molecular flexibility index (Phi) is 8.16. The van der Waals surface area contributed by atoms with Crippen molar-refractivity contribution in [1.29, 1.82) is 0 Å². The van der Waals surface area contributed by atoms with E-state index in [4.69, 9.17) is 26.4 Å². The second-order valence-corrected chi connectivity index (χ2v) is 12.3. The van der Waals surface area contributed by atoms with Gasteiger partial charge in [-0.1, -0.05) is 18.0 Å². The summed E-state index contributed by atoms with van der Waals surface area (Å²) in [6, 6.07) is 9.19. The van der Waals surface area contributed by atoms with Crippen LogP contribution in [0, 0.1) is 5.92 Å². The number of likely N-dealkylation sites (tertiary alicyclic amines) is 1. The molecule has 13 heteroatoms. The summed E-state index contributed by atoms with van der Waals surface area (Å²) in [5.74, 6) is 2.13. The minimum atomic E-state index is -1.30. The van der Waals surface area contributed by atoms with Crippen molar-refractivity contribution in [3.05, 3.63) is 46.6 Å². The molecular weight excluding hydrogens is 554 g/mol. The standard InChI is InChI=1S/C27H36ClN7O4S/c1-40(38)31-21-6-5-19(28)12-20(21)27(37)34-7-3-2-4-23(34)22-13-25-29-24(33-15-18(16-33)17-36)14-26(35(25)30-22)32-8-10-39-11-9-32/h5-6,12-14,18,23,27,31,36-37H,2-4,7-11,15-17H2,1H3/t23-,27?,40?/m0/s1. The van der Waals surface area contributed by atoms with Crippen LogP contribution in [0.2, 0.25) is 5.02 Å². The number of nitrogens with one attached hydrogen (secondary N) is 1. The largest absolute Gasteiger partial charge is 0.396 e. The quantitative estimate of drug-likeness (QED) is 0.364. The average molecular weight is 590 g/mol. The monoisotopic (exact) mass is 589 g/mol. The fourth-order valence-corrected chi connectivity index (χ4v) is 6.59. The number of anilines is 3. The molecule has 0 aliphatic carbocycles. The third-order valence-corrected chi connectivity index (χ3v) is 8.78. The number of fused-ring (bicyclic) bond motifs is 1. The first-order valence-corrected chi connectivity index (χ1v) is 15.8. The normalized spacial score (nSPS) is 22.4. The van der Waals surface area contributed by atoms with Crippen LogP contribution in [0.3, 0.4) is 0 Å². The lowest BCUT2D eigenvalue weighted by molar-refractivity contribution is -0.0451. The van der Waals surface area contributed by atoms with Gasteiger partial charge in [-0.05, 0) is 31.0 Å². The first-order chi connectivity index (χ1) is 19.4. The van der Waals surface area contributed by atoms with Crippen LogP contribution in [0.25, 0.3) is 5.65 Å². The zero-order chi connectivity index (χ0) is 27.8. The van der Waals surface area contributed by atoms with Crippen molar-refractivity contribution in [2.24, 2.45) is 5.92 Å². The third-order valence-electron chi connectivity index (χ3n) is 8.03. The van der Waals surface area contributed by atoms with E-state index in [9.17, 15) is 14.4 Å². The number of aromatic nitrogens is 3. The molecule has 3 N–H and O–H groups in total. The molecule has 1 aromatic carbocycles. The molecule has 3 atom stereocenters. The first-order valence-electron chi connectivity index (χ1n) is 13.8. The molecule has 2 unspecified atom stereocenters. The SMILES string of the molecule is CS(=O)Nc1ccc(Cl)cc1C(O)N1CCCC[C@H]1c1cc2nc(N3CC(CO)C3)cc(N3CCOCC3)n2n1. The average Bonchev–Trinajstić information content (AvgIpc) is 3.37. The van der Waals surface area contributed by atoms with E-state index in [1.165, 1.54) is 0 Å². The number of rotatable bonds is 8. The second kappa shape index (κ2) is 11.8. The van der Waals surface area contributed by atoms with Crippen molar-refractivity contribution in [2.45, 2.75) is 31.5 Å². The van der Waals surface area contributed by atoms with Crippen LogP contribution in [0.15, 0.2) is 30.3 Å². The Bertz CT molecular complexity index is 1380. The maximum absolute atomic E-state index is 12.0. The molecule has 11 nitrogen and oxygen atoms in total. The summed E-state index contributed by atoms with van der Waals surface area (Å²) >= 11 is 6.32. The molecule has 40 heavy (non-hydrogen) atoms. The molecule has 0 bridgehead atoms. The van der Waals surface area contributed by atoms with E-state index in [0.29, 0.717) is 36.0 Å². The molecule has 216 valence electrons. The number of ether oxygens (including phenoxy) is 1. The van der Waals surface area contributed by atoms with Crippen molar-refractivity contribution < 1.29 is 19.2 Å². The second-order valence-electron chi connectivity index (χ2n) is 10.8. The molecule has 2 aromatic heterocycles. The number of hydrogen-bond acceptors (Lipinski definition) is 9. The van der Waals surface area contributed by atoms with Gasteiger partial charge in [0.25, 0.3) is 0 Å². The maximum atomic E-state index is 12.0. The summed E-state index contributed by atoms with van der Waals surface area (Å²) in [5.41, 5.74) is 2.79. The van der Waals surface area contributed by atoms with Crippen LogP contribution in [0.4, 0.5) is 17.3 Å². The molecule has 3 aliphatic rings. The van der Waals surface area contributed by atoms with Crippen LogP contribution in [0.5, 0.6) is 0 Å². The van der Waals surface area contributed by atoms with E-state index >= 15 is 0 Å². The summed E-state index contributed by atoms with van der Waals surface area (Å²) in [6.07, 6.45) is 3.41. The molecule has 5 heterocycles. The summed E-state index contributed by atoms with van der Waals surface area (Å²) in [4.78, 5) is 11.5. The van der Waals surface area contributed by atoms with Gasteiger partial charge in [0, 0.05) is 74.2 Å². The maximum Gasteiger partial charge on any atom is 0.160 e. The van der Waals surface area contributed by atoms with E-state index in [1.807, 2.05) is 10.6 Å². The summed E-state index contributed by atoms with van der Waals surface area (Å²) < 4.78 is 22.4. The summed E-state index contributed by atoms with van der Waals surface area (Å²) in [5, 5.41) is 26.8. The molecule has 3 aromatic rings. The van der Waals surface area contributed by atoms with Crippen LogP contribution in [-0.2, 0) is 15.7 Å². The van der Waals surface area contributed by atoms with Crippen molar-refractivity contribution in [2.75, 3.05) is 73.3 Å². The van der Waals surface area contributed by atoms with Crippen molar-refractivity contribution in [3.8, 4) is 0 Å². The molecule has 3 aliphatic heterocycles. The van der Waals surface area contributed by atoms with E-state index < -0.39 is 17.2 Å². The van der Waals surface area contributed by atoms with E-state index in [0.717, 1.165) is 68.4 Å². The van der Waals surface area contributed by atoms with Crippen molar-refractivity contribution in [3.63, 3.8) is 0 Å². The minimum absolute atomic E-state index is 0.131. The Labute approximate surface area is 241 Å². The van der Waals surface area contributed by atoms with Crippen LogP contribution in [-0.4, -0.2) is 92.7 Å². The topological polar surface area (TPSA) is 119 Å². The van der Waals surface area contributed by atoms with Gasteiger partial charge in [-0.2, -0.15) is 9.61 Å². The number of aliphatic hydroxyl groups is 2. The van der Waals surface area contributed by atoms with Gasteiger partial charge < -0.3 is 29.5 Å². The lowest BCUT2D eigenvalue weighted by Crippen LogP contribution is -2.49. The number of halogens is 1. The highest BCUT2D eigenvalue weighted by atomic mass is 35.5. The van der Waals surface area contributed by atoms with Crippen LogP contribution in [0.1, 0.15) is 42.8 Å². The Hall–Kier alpha value is -2.48. The van der Waals surface area contributed by atoms with E-state index in [1.54, 1.807) is 24.5 Å². The zero-order valence-corrected chi connectivity index (χ0v) is 24.1. The van der Waals surface area contributed by atoms with Crippen molar-refractivity contribution in [1.82, 2.24) is 19.5 Å². The molecule has 3 fully saturated rings. The van der Waals surface area contributed by atoms with Crippen molar-refractivity contribution >= 4 is 45.6 Å². The summed E-state index contributed by atoms with van der Waals surface area (Å²) in [6.45, 7) is 5.29. The van der Waals surface area contributed by atoms with Gasteiger partial charge >= 0.3 is 0 Å². The number of aliphatic hydroxyl groups excluding tert-OH is 2. The first kappa shape index (κ1) is 27.7. The molecule has 0 amide bonds. The van der Waals surface area contributed by atoms with Gasteiger partial charge in [-0.25, -0.2) is 9.19 Å². The molecular formula is C27H36ClN7O4S. The fraction of sp³-hybridized carbons (Fsp3) is 0.556. The summed E-state index contributed by atoms with van der Waals surface area (Å²) in [7, 11) is -1.30. The number of morpholine rings is 1. The van der Waals surface area contributed by atoms with Gasteiger partial charge in [-0.3, -0.25) is 4.90 Å². The predicted molar refractivity (Wildman–Crippen MR) is 156 cm³/mol. The Balaban J connectivity index is 1.36. The van der Waals surface area contributed by atoms with E-state index in [2.05, 4.69) is 25.5 Å². The lowest BCUT2D eigenvalue weighted by atomic mass is 9.97. The smallest absolute Gasteiger partial charge is 0.160 e. The van der Waals surface area contributed by atoms with Gasteiger partial charge in [-0.15, -0.1) is 0 Å². The molecule has 0 saturated carbocycles. The number of benzene rings is 1. The Morgan fingerprint density at radius 1 is 1.15 bits per heavy atom. The number of nitrogens with zero attached hydrogens (tertiary/aromatic N) is 6. The molecule has 3 saturated heterocycles. The highest BCUT2D eigenvalue weighted by molar-refractivity contribution is 7.85.